The Kier molecular flexibility index (Phi) is 5.34. The maximum Gasteiger partial charge on any atom is 0.296 e. The lowest BCUT2D eigenvalue weighted by molar-refractivity contribution is 0.317. The maximum absolute atomic E-state index is 11.3. The second-order valence-electron chi connectivity index (χ2n) is 3.90. The SMILES string of the molecule is Nc1cc(OCCS(=O)(=O)CCO)ccc1S(=O)(=O)O. The third-order valence-electron chi connectivity index (χ3n) is 2.32. The molecule has 0 radical (unpaired) electrons. The fourth-order valence-electron chi connectivity index (χ4n) is 1.38. The summed E-state index contributed by atoms with van der Waals surface area (Å²) in [4.78, 5) is -0.447. The van der Waals surface area contributed by atoms with E-state index in [1.807, 2.05) is 0 Å². The molecular formula is C10H15NO7S2. The van der Waals surface area contributed by atoms with Crippen LogP contribution < -0.4 is 10.5 Å². The van der Waals surface area contributed by atoms with Crippen LogP contribution >= 0.6 is 0 Å². The molecule has 0 heterocycles. The number of anilines is 1. The molecule has 0 fully saturated rings. The number of ether oxygens (including phenoxy) is 1. The number of nitrogen functional groups attached to an aromatic ring is 1. The van der Waals surface area contributed by atoms with Gasteiger partial charge in [-0.15, -0.1) is 0 Å². The highest BCUT2D eigenvalue weighted by Gasteiger charge is 2.15. The second-order valence-corrected chi connectivity index (χ2v) is 7.59. The van der Waals surface area contributed by atoms with E-state index in [4.69, 9.17) is 20.1 Å². The van der Waals surface area contributed by atoms with E-state index in [9.17, 15) is 16.8 Å². The normalized spacial score (nSPS) is 12.3. The van der Waals surface area contributed by atoms with Crippen molar-refractivity contribution in [1.82, 2.24) is 0 Å². The average Bonchev–Trinajstić information content (AvgIpc) is 2.26. The largest absolute Gasteiger partial charge is 0.492 e. The highest BCUT2D eigenvalue weighted by Crippen LogP contribution is 2.23. The molecule has 8 nitrogen and oxygen atoms in total. The van der Waals surface area contributed by atoms with Gasteiger partial charge in [-0.2, -0.15) is 8.42 Å². The standard InChI is InChI=1S/C10H15NO7S2/c11-9-7-8(1-2-10(9)20(15,16)17)18-4-6-19(13,14)5-3-12/h1-2,7,12H,3-6,11H2,(H,15,16,17). The minimum atomic E-state index is -4.41. The number of sulfone groups is 1. The van der Waals surface area contributed by atoms with Gasteiger partial charge in [-0.3, -0.25) is 4.55 Å². The van der Waals surface area contributed by atoms with Gasteiger partial charge in [-0.25, -0.2) is 8.42 Å². The summed E-state index contributed by atoms with van der Waals surface area (Å²) in [6.07, 6.45) is 0. The summed E-state index contributed by atoms with van der Waals surface area (Å²) in [5, 5.41) is 8.54. The zero-order valence-corrected chi connectivity index (χ0v) is 12.0. The van der Waals surface area contributed by atoms with Crippen molar-refractivity contribution >= 4 is 25.6 Å². The lowest BCUT2D eigenvalue weighted by Gasteiger charge is -2.08. The minimum absolute atomic E-state index is 0.160. The molecule has 0 aliphatic heterocycles. The molecule has 1 aromatic rings. The van der Waals surface area contributed by atoms with Gasteiger partial charge in [0.2, 0.25) is 0 Å². The van der Waals surface area contributed by atoms with E-state index in [1.165, 1.54) is 12.1 Å². The highest BCUT2D eigenvalue weighted by molar-refractivity contribution is 7.91. The first kappa shape index (κ1) is 16.7. The summed E-state index contributed by atoms with van der Waals surface area (Å²) < 4.78 is 58.4. The van der Waals surface area contributed by atoms with E-state index in [1.54, 1.807) is 0 Å². The molecule has 0 aliphatic rings. The molecule has 0 bridgehead atoms. The first-order valence-electron chi connectivity index (χ1n) is 5.47. The van der Waals surface area contributed by atoms with Gasteiger partial charge in [0.25, 0.3) is 10.1 Å². The Labute approximate surface area is 116 Å². The minimum Gasteiger partial charge on any atom is -0.492 e. The molecule has 1 rings (SSSR count). The lowest BCUT2D eigenvalue weighted by atomic mass is 10.3. The van der Waals surface area contributed by atoms with Crippen molar-refractivity contribution in [2.75, 3.05) is 30.5 Å². The van der Waals surface area contributed by atoms with Crippen molar-refractivity contribution in [3.8, 4) is 5.75 Å². The first-order chi connectivity index (χ1) is 9.15. The Morgan fingerprint density at radius 2 is 1.80 bits per heavy atom. The van der Waals surface area contributed by atoms with Crippen molar-refractivity contribution in [1.29, 1.82) is 0 Å². The number of hydrogen-bond donors (Lipinski definition) is 3. The summed E-state index contributed by atoms with van der Waals surface area (Å²) in [6.45, 7) is -0.620. The van der Waals surface area contributed by atoms with Crippen molar-refractivity contribution in [2.24, 2.45) is 0 Å². The number of benzene rings is 1. The molecule has 0 saturated heterocycles. The van der Waals surface area contributed by atoms with E-state index in [0.717, 1.165) is 6.07 Å². The summed E-state index contributed by atoms with van der Waals surface area (Å²) >= 11 is 0. The second kappa shape index (κ2) is 6.39. The van der Waals surface area contributed by atoms with Gasteiger partial charge in [0, 0.05) is 6.07 Å². The Balaban J connectivity index is 2.70. The molecule has 0 amide bonds. The molecule has 4 N–H and O–H groups in total. The quantitative estimate of drug-likeness (QED) is 0.441. The molecule has 20 heavy (non-hydrogen) atoms. The fourth-order valence-corrected chi connectivity index (χ4v) is 2.80. The molecular weight excluding hydrogens is 310 g/mol. The molecule has 0 spiro atoms. The predicted molar refractivity (Wildman–Crippen MR) is 71.9 cm³/mol. The van der Waals surface area contributed by atoms with Gasteiger partial charge >= 0.3 is 0 Å². The van der Waals surface area contributed by atoms with Crippen LogP contribution in [0.25, 0.3) is 0 Å². The lowest BCUT2D eigenvalue weighted by Crippen LogP contribution is -2.19. The van der Waals surface area contributed by atoms with Crippen molar-refractivity contribution in [2.45, 2.75) is 4.90 Å². The molecule has 0 aliphatic carbocycles. The van der Waals surface area contributed by atoms with Gasteiger partial charge in [0.15, 0.2) is 9.84 Å². The Hall–Kier alpha value is -1.36. The molecule has 10 heteroatoms. The number of hydrogen-bond acceptors (Lipinski definition) is 7. The predicted octanol–water partition coefficient (Wildman–Crippen LogP) is -0.699. The third-order valence-corrected chi connectivity index (χ3v) is 4.85. The van der Waals surface area contributed by atoms with Gasteiger partial charge in [0.05, 0.1) is 23.8 Å². The number of aliphatic hydroxyl groups excluding tert-OH is 1. The summed E-state index contributed by atoms with van der Waals surface area (Å²) in [5.74, 6) is -0.456. The van der Waals surface area contributed by atoms with E-state index in [-0.39, 0.29) is 29.5 Å². The molecule has 0 atom stereocenters. The van der Waals surface area contributed by atoms with Crippen LogP contribution in [0.5, 0.6) is 5.75 Å². The molecule has 0 unspecified atom stereocenters. The average molecular weight is 325 g/mol. The van der Waals surface area contributed by atoms with E-state index in [0.29, 0.717) is 0 Å². The zero-order valence-electron chi connectivity index (χ0n) is 10.4. The van der Waals surface area contributed by atoms with Crippen LogP contribution in [-0.2, 0) is 20.0 Å². The maximum atomic E-state index is 11.3. The van der Waals surface area contributed by atoms with Gasteiger partial charge < -0.3 is 15.6 Å². The molecule has 0 saturated carbocycles. The van der Waals surface area contributed by atoms with Crippen LogP contribution in [0.2, 0.25) is 0 Å². The monoisotopic (exact) mass is 325 g/mol. The number of nitrogens with two attached hydrogens (primary N) is 1. The Morgan fingerprint density at radius 3 is 2.30 bits per heavy atom. The van der Waals surface area contributed by atoms with Gasteiger partial charge in [-0.05, 0) is 12.1 Å². The van der Waals surface area contributed by atoms with Gasteiger partial charge in [0.1, 0.15) is 17.3 Å². The highest BCUT2D eigenvalue weighted by atomic mass is 32.2. The van der Waals surface area contributed by atoms with E-state index >= 15 is 0 Å². The van der Waals surface area contributed by atoms with Crippen molar-refractivity contribution in [3.63, 3.8) is 0 Å². The summed E-state index contributed by atoms with van der Waals surface area (Å²) in [5.41, 5.74) is 5.24. The Bertz CT molecular complexity index is 667. The van der Waals surface area contributed by atoms with E-state index < -0.39 is 31.5 Å². The molecule has 1 aromatic carbocycles. The van der Waals surface area contributed by atoms with Crippen LogP contribution in [0.4, 0.5) is 5.69 Å². The van der Waals surface area contributed by atoms with Crippen LogP contribution in [-0.4, -0.2) is 51.2 Å². The summed E-state index contributed by atoms with van der Waals surface area (Å²) in [6, 6.07) is 3.47. The first-order valence-corrected chi connectivity index (χ1v) is 8.73. The van der Waals surface area contributed by atoms with Crippen LogP contribution in [0.15, 0.2) is 23.1 Å². The molecule has 0 aromatic heterocycles. The van der Waals surface area contributed by atoms with Crippen LogP contribution in [0.1, 0.15) is 0 Å². The Morgan fingerprint density at radius 1 is 1.15 bits per heavy atom. The smallest absolute Gasteiger partial charge is 0.296 e. The van der Waals surface area contributed by atoms with Gasteiger partial charge in [-0.1, -0.05) is 0 Å². The van der Waals surface area contributed by atoms with Crippen molar-refractivity contribution < 1.29 is 31.2 Å². The number of aliphatic hydroxyl groups is 1. The third kappa shape index (κ3) is 4.96. The summed E-state index contributed by atoms with van der Waals surface area (Å²) in [7, 11) is -7.79. The molecule has 114 valence electrons. The fraction of sp³-hybridized carbons (Fsp3) is 0.400. The number of rotatable bonds is 7. The zero-order chi connectivity index (χ0) is 15.4. The van der Waals surface area contributed by atoms with Crippen LogP contribution in [0, 0.1) is 0 Å². The van der Waals surface area contributed by atoms with Crippen LogP contribution in [0.3, 0.4) is 0 Å². The van der Waals surface area contributed by atoms with E-state index in [2.05, 4.69) is 0 Å². The topological polar surface area (TPSA) is 144 Å². The van der Waals surface area contributed by atoms with Crippen molar-refractivity contribution in [3.05, 3.63) is 18.2 Å².